The Hall–Kier alpha value is -1.92. The van der Waals surface area contributed by atoms with Gasteiger partial charge in [0.1, 0.15) is 5.82 Å². The molecule has 1 atom stereocenters. The smallest absolute Gasteiger partial charge is 0.125 e. The number of nitrogens with zero attached hydrogens (tertiary/aromatic N) is 4. The van der Waals surface area contributed by atoms with Crippen molar-refractivity contribution in [3.8, 4) is 5.69 Å². The Balaban J connectivity index is 1.65. The van der Waals surface area contributed by atoms with Gasteiger partial charge in [-0.3, -0.25) is 0 Å². The second-order valence-corrected chi connectivity index (χ2v) is 6.18. The van der Waals surface area contributed by atoms with Crippen LogP contribution in [-0.2, 0) is 13.6 Å². The first-order chi connectivity index (χ1) is 10.6. The predicted octanol–water partition coefficient (Wildman–Crippen LogP) is 3.22. The van der Waals surface area contributed by atoms with Gasteiger partial charge in [0.2, 0.25) is 0 Å². The molecule has 1 unspecified atom stereocenters. The monoisotopic (exact) mass is 359 g/mol. The molecule has 114 valence electrons. The van der Waals surface area contributed by atoms with Crippen molar-refractivity contribution in [3.63, 3.8) is 0 Å². The summed E-state index contributed by atoms with van der Waals surface area (Å²) in [4.78, 5) is 4.36. The first-order valence-electron chi connectivity index (χ1n) is 7.13. The van der Waals surface area contributed by atoms with E-state index in [4.69, 9.17) is 0 Å². The van der Waals surface area contributed by atoms with Crippen molar-refractivity contribution >= 4 is 15.9 Å². The normalized spacial score (nSPS) is 12.5. The van der Waals surface area contributed by atoms with Gasteiger partial charge in [0.15, 0.2) is 0 Å². The summed E-state index contributed by atoms with van der Waals surface area (Å²) < 4.78 is 4.98. The average Bonchev–Trinajstić information content (AvgIpc) is 3.14. The molecule has 2 aromatic heterocycles. The minimum absolute atomic E-state index is 0.191. The van der Waals surface area contributed by atoms with Crippen molar-refractivity contribution in [2.45, 2.75) is 19.5 Å². The molecule has 0 fully saturated rings. The van der Waals surface area contributed by atoms with E-state index in [0.29, 0.717) is 0 Å². The SMILES string of the molecule is CC(NCc1cnn(-c2ccc(Br)cc2)c1)c1nccn1C. The lowest BCUT2D eigenvalue weighted by atomic mass is 10.3. The molecule has 3 rings (SSSR count). The van der Waals surface area contributed by atoms with Crippen LogP contribution in [0.3, 0.4) is 0 Å². The second-order valence-electron chi connectivity index (χ2n) is 5.27. The molecule has 1 aromatic carbocycles. The third-order valence-electron chi connectivity index (χ3n) is 3.59. The Morgan fingerprint density at radius 3 is 2.73 bits per heavy atom. The van der Waals surface area contributed by atoms with E-state index in [0.717, 1.165) is 28.1 Å². The topological polar surface area (TPSA) is 47.7 Å². The largest absolute Gasteiger partial charge is 0.337 e. The van der Waals surface area contributed by atoms with Crippen molar-refractivity contribution in [1.82, 2.24) is 24.6 Å². The predicted molar refractivity (Wildman–Crippen MR) is 89.7 cm³/mol. The third-order valence-corrected chi connectivity index (χ3v) is 4.11. The lowest BCUT2D eigenvalue weighted by molar-refractivity contribution is 0.530. The molecule has 0 saturated carbocycles. The van der Waals surface area contributed by atoms with Gasteiger partial charge in [-0.2, -0.15) is 5.10 Å². The highest BCUT2D eigenvalue weighted by Crippen LogP contribution is 2.15. The Labute approximate surface area is 138 Å². The zero-order chi connectivity index (χ0) is 15.5. The van der Waals surface area contributed by atoms with Gasteiger partial charge in [-0.15, -0.1) is 0 Å². The number of aryl methyl sites for hydroxylation is 1. The Kier molecular flexibility index (Phi) is 4.40. The number of benzene rings is 1. The van der Waals surface area contributed by atoms with Crippen LogP contribution in [0.2, 0.25) is 0 Å². The lowest BCUT2D eigenvalue weighted by Gasteiger charge is -2.12. The van der Waals surface area contributed by atoms with Crippen LogP contribution >= 0.6 is 15.9 Å². The number of halogens is 1. The Morgan fingerprint density at radius 1 is 1.27 bits per heavy atom. The number of hydrogen-bond acceptors (Lipinski definition) is 3. The summed E-state index contributed by atoms with van der Waals surface area (Å²) in [6.45, 7) is 2.87. The average molecular weight is 360 g/mol. The summed E-state index contributed by atoms with van der Waals surface area (Å²) >= 11 is 3.44. The molecule has 0 aliphatic rings. The molecular formula is C16H18BrN5. The summed E-state index contributed by atoms with van der Waals surface area (Å²) in [7, 11) is 2.01. The van der Waals surface area contributed by atoms with E-state index in [-0.39, 0.29) is 6.04 Å². The molecule has 0 radical (unpaired) electrons. The number of aromatic nitrogens is 4. The van der Waals surface area contributed by atoms with Crippen LogP contribution in [0.4, 0.5) is 0 Å². The third kappa shape index (κ3) is 3.28. The number of nitrogens with one attached hydrogen (secondary N) is 1. The molecular weight excluding hydrogens is 342 g/mol. The van der Waals surface area contributed by atoms with Gasteiger partial charge in [0.25, 0.3) is 0 Å². The summed E-state index contributed by atoms with van der Waals surface area (Å²) in [6.07, 6.45) is 7.71. The molecule has 22 heavy (non-hydrogen) atoms. The first-order valence-corrected chi connectivity index (χ1v) is 7.93. The van der Waals surface area contributed by atoms with Gasteiger partial charge in [0.05, 0.1) is 17.9 Å². The molecule has 1 N–H and O–H groups in total. The van der Waals surface area contributed by atoms with Crippen LogP contribution < -0.4 is 5.32 Å². The highest BCUT2D eigenvalue weighted by Gasteiger charge is 2.10. The second kappa shape index (κ2) is 6.46. The van der Waals surface area contributed by atoms with Crippen molar-refractivity contribution < 1.29 is 0 Å². The first kappa shape index (κ1) is 15.0. The van der Waals surface area contributed by atoms with Gasteiger partial charge in [0, 0.05) is 42.2 Å². The van der Waals surface area contributed by atoms with Crippen molar-refractivity contribution in [2.24, 2.45) is 7.05 Å². The highest BCUT2D eigenvalue weighted by atomic mass is 79.9. The summed E-state index contributed by atoms with van der Waals surface area (Å²) in [5, 5.41) is 7.89. The van der Waals surface area contributed by atoms with Crippen LogP contribution in [-0.4, -0.2) is 19.3 Å². The highest BCUT2D eigenvalue weighted by molar-refractivity contribution is 9.10. The van der Waals surface area contributed by atoms with E-state index in [9.17, 15) is 0 Å². The molecule has 0 aliphatic heterocycles. The zero-order valence-electron chi connectivity index (χ0n) is 12.6. The standard InChI is InChI=1S/C16H18BrN5/c1-12(16-18-7-8-21(16)2)19-9-13-10-20-22(11-13)15-5-3-14(17)4-6-15/h3-8,10-12,19H,9H2,1-2H3. The van der Waals surface area contributed by atoms with Crippen molar-refractivity contribution in [1.29, 1.82) is 0 Å². The van der Waals surface area contributed by atoms with Gasteiger partial charge in [-0.25, -0.2) is 9.67 Å². The van der Waals surface area contributed by atoms with E-state index < -0.39 is 0 Å². The lowest BCUT2D eigenvalue weighted by Crippen LogP contribution is -2.20. The van der Waals surface area contributed by atoms with Crippen molar-refractivity contribution in [2.75, 3.05) is 0 Å². The molecule has 5 nitrogen and oxygen atoms in total. The molecule has 0 saturated heterocycles. The minimum Gasteiger partial charge on any atom is -0.337 e. The van der Waals surface area contributed by atoms with Gasteiger partial charge in [-0.1, -0.05) is 15.9 Å². The van der Waals surface area contributed by atoms with Crippen LogP contribution in [0.15, 0.2) is 53.5 Å². The maximum atomic E-state index is 4.41. The van der Waals surface area contributed by atoms with E-state index in [2.05, 4.69) is 38.3 Å². The number of rotatable bonds is 5. The van der Waals surface area contributed by atoms with Gasteiger partial charge < -0.3 is 9.88 Å². The van der Waals surface area contributed by atoms with Gasteiger partial charge in [-0.05, 0) is 31.2 Å². The van der Waals surface area contributed by atoms with E-state index in [1.54, 1.807) is 0 Å². The van der Waals surface area contributed by atoms with E-state index >= 15 is 0 Å². The molecule has 0 bridgehead atoms. The summed E-state index contributed by atoms with van der Waals surface area (Å²) in [5.74, 6) is 1.03. The summed E-state index contributed by atoms with van der Waals surface area (Å²) in [5.41, 5.74) is 2.19. The maximum absolute atomic E-state index is 4.41. The van der Waals surface area contributed by atoms with Gasteiger partial charge >= 0.3 is 0 Å². The van der Waals surface area contributed by atoms with Crippen LogP contribution in [0.25, 0.3) is 5.69 Å². The molecule has 0 amide bonds. The molecule has 6 heteroatoms. The van der Waals surface area contributed by atoms with Crippen molar-refractivity contribution in [3.05, 3.63) is 64.9 Å². The fraction of sp³-hybridized carbons (Fsp3) is 0.250. The van der Waals surface area contributed by atoms with E-state index in [1.807, 2.05) is 65.3 Å². The maximum Gasteiger partial charge on any atom is 0.125 e. The molecule has 0 aliphatic carbocycles. The molecule has 0 spiro atoms. The Bertz CT molecular complexity index is 744. The minimum atomic E-state index is 0.191. The quantitative estimate of drug-likeness (QED) is 0.760. The fourth-order valence-corrected chi connectivity index (χ4v) is 2.61. The zero-order valence-corrected chi connectivity index (χ0v) is 14.2. The number of hydrogen-bond donors (Lipinski definition) is 1. The van der Waals surface area contributed by atoms with E-state index in [1.165, 1.54) is 0 Å². The molecule has 3 aromatic rings. The fourth-order valence-electron chi connectivity index (χ4n) is 2.34. The number of imidazole rings is 1. The van der Waals surface area contributed by atoms with Crippen LogP contribution in [0, 0.1) is 0 Å². The molecule has 2 heterocycles. The summed E-state index contributed by atoms with van der Waals surface area (Å²) in [6, 6.07) is 8.28. The van der Waals surface area contributed by atoms with Crippen LogP contribution in [0.5, 0.6) is 0 Å². The Morgan fingerprint density at radius 2 is 2.05 bits per heavy atom. The van der Waals surface area contributed by atoms with Crippen LogP contribution in [0.1, 0.15) is 24.4 Å².